The van der Waals surface area contributed by atoms with Crippen LogP contribution in [0, 0.1) is 5.82 Å². The van der Waals surface area contributed by atoms with Crippen LogP contribution >= 0.6 is 0 Å². The van der Waals surface area contributed by atoms with Crippen LogP contribution in [0.1, 0.15) is 23.7 Å². The number of nitrogens with zero attached hydrogens (tertiary/aromatic N) is 2. The summed E-state index contributed by atoms with van der Waals surface area (Å²) >= 11 is 0. The highest BCUT2D eigenvalue weighted by Crippen LogP contribution is 2.26. The Morgan fingerprint density at radius 2 is 2.28 bits per heavy atom. The summed E-state index contributed by atoms with van der Waals surface area (Å²) in [5.41, 5.74) is 7.18. The summed E-state index contributed by atoms with van der Waals surface area (Å²) in [5.74, 6) is -0.981. The van der Waals surface area contributed by atoms with E-state index in [2.05, 4.69) is 15.5 Å². The molecule has 1 aliphatic rings. The maximum atomic E-state index is 13.5. The first-order valence-electron chi connectivity index (χ1n) is 8.14. The van der Waals surface area contributed by atoms with Crippen molar-refractivity contribution in [3.05, 3.63) is 41.8 Å². The predicted molar refractivity (Wildman–Crippen MR) is 90.1 cm³/mol. The number of hydrogen-bond donors (Lipinski definition) is 3. The molecule has 2 heterocycles. The standard InChI is InChI=1S/C17H20FN5O2/c1-2-20-16(24)14-7-12(19)9-23(14)17(25)13-8-21-22-15(13)10-4-3-5-11(18)6-10/h3-6,8,12,14H,2,7,9,19H2,1H3,(H,20,24)(H,21,22)/t12-,14-/m0/s1. The van der Waals surface area contributed by atoms with Gasteiger partial charge in [0.25, 0.3) is 5.91 Å². The van der Waals surface area contributed by atoms with Gasteiger partial charge >= 0.3 is 0 Å². The van der Waals surface area contributed by atoms with Crippen molar-refractivity contribution in [3.63, 3.8) is 0 Å². The number of nitrogens with two attached hydrogens (primary N) is 1. The second-order valence-corrected chi connectivity index (χ2v) is 6.03. The normalized spacial score (nSPS) is 19.9. The van der Waals surface area contributed by atoms with Crippen LogP contribution in [-0.4, -0.2) is 52.1 Å². The molecule has 3 rings (SSSR count). The van der Waals surface area contributed by atoms with Crippen LogP contribution in [-0.2, 0) is 4.79 Å². The zero-order valence-electron chi connectivity index (χ0n) is 13.8. The number of likely N-dealkylation sites (tertiary alicyclic amines) is 1. The van der Waals surface area contributed by atoms with Crippen LogP contribution in [0.5, 0.6) is 0 Å². The number of hydrogen-bond acceptors (Lipinski definition) is 4. The molecule has 0 radical (unpaired) electrons. The minimum atomic E-state index is -0.613. The molecule has 0 aliphatic carbocycles. The topological polar surface area (TPSA) is 104 Å². The first-order chi connectivity index (χ1) is 12.0. The molecule has 0 saturated carbocycles. The molecule has 1 saturated heterocycles. The molecule has 1 aromatic carbocycles. The van der Waals surface area contributed by atoms with Gasteiger partial charge in [-0.3, -0.25) is 14.7 Å². The lowest BCUT2D eigenvalue weighted by atomic mass is 10.1. The Balaban J connectivity index is 1.91. The van der Waals surface area contributed by atoms with Crippen molar-refractivity contribution in [1.82, 2.24) is 20.4 Å². The van der Waals surface area contributed by atoms with Gasteiger partial charge < -0.3 is 16.0 Å². The number of aromatic nitrogens is 2. The fourth-order valence-corrected chi connectivity index (χ4v) is 3.10. The van der Waals surface area contributed by atoms with E-state index in [1.807, 2.05) is 6.92 Å². The summed E-state index contributed by atoms with van der Waals surface area (Å²) in [6.45, 7) is 2.58. The fraction of sp³-hybridized carbons (Fsp3) is 0.353. The number of rotatable bonds is 4. The highest BCUT2D eigenvalue weighted by Gasteiger charge is 2.39. The number of benzene rings is 1. The van der Waals surface area contributed by atoms with E-state index in [4.69, 9.17) is 5.73 Å². The van der Waals surface area contributed by atoms with Crippen LogP contribution in [0.4, 0.5) is 4.39 Å². The number of H-pyrrole nitrogens is 1. The molecule has 25 heavy (non-hydrogen) atoms. The lowest BCUT2D eigenvalue weighted by Gasteiger charge is -2.23. The van der Waals surface area contributed by atoms with Crippen molar-refractivity contribution in [2.45, 2.75) is 25.4 Å². The van der Waals surface area contributed by atoms with Crippen LogP contribution in [0.25, 0.3) is 11.3 Å². The van der Waals surface area contributed by atoms with Crippen LogP contribution in [0.2, 0.25) is 0 Å². The van der Waals surface area contributed by atoms with Gasteiger partial charge in [0.1, 0.15) is 11.9 Å². The Kier molecular flexibility index (Phi) is 4.80. The molecular formula is C17H20FN5O2. The molecule has 0 unspecified atom stereocenters. The molecular weight excluding hydrogens is 325 g/mol. The summed E-state index contributed by atoms with van der Waals surface area (Å²) in [7, 11) is 0. The maximum absolute atomic E-state index is 13.5. The third-order valence-corrected chi connectivity index (χ3v) is 4.23. The average molecular weight is 345 g/mol. The predicted octanol–water partition coefficient (Wildman–Crippen LogP) is 0.894. The van der Waals surface area contributed by atoms with Gasteiger partial charge in [-0.1, -0.05) is 12.1 Å². The van der Waals surface area contributed by atoms with E-state index < -0.39 is 11.9 Å². The van der Waals surface area contributed by atoms with Crippen LogP contribution in [0.3, 0.4) is 0 Å². The molecule has 7 nitrogen and oxygen atoms in total. The number of carbonyl (C=O) groups is 2. The lowest BCUT2D eigenvalue weighted by Crippen LogP contribution is -2.46. The second-order valence-electron chi connectivity index (χ2n) is 6.03. The number of aromatic amines is 1. The second kappa shape index (κ2) is 7.02. The van der Waals surface area contributed by atoms with Gasteiger partial charge in [0.15, 0.2) is 0 Å². The molecule has 1 fully saturated rings. The Bertz CT molecular complexity index is 791. The zero-order valence-corrected chi connectivity index (χ0v) is 13.8. The van der Waals surface area contributed by atoms with Gasteiger partial charge in [-0.2, -0.15) is 5.10 Å². The van der Waals surface area contributed by atoms with E-state index >= 15 is 0 Å². The minimum absolute atomic E-state index is 0.223. The zero-order chi connectivity index (χ0) is 18.0. The average Bonchev–Trinajstić information content (AvgIpc) is 3.21. The van der Waals surface area contributed by atoms with Gasteiger partial charge in [0.05, 0.1) is 17.5 Å². The Labute approximate surface area is 144 Å². The van der Waals surface area contributed by atoms with Crippen molar-refractivity contribution >= 4 is 11.8 Å². The largest absolute Gasteiger partial charge is 0.355 e. The van der Waals surface area contributed by atoms with E-state index in [-0.39, 0.29) is 30.0 Å². The number of amides is 2. The quantitative estimate of drug-likeness (QED) is 0.765. The Morgan fingerprint density at radius 1 is 1.48 bits per heavy atom. The number of likely N-dealkylation sites (N-methyl/N-ethyl adjacent to an activating group) is 1. The van der Waals surface area contributed by atoms with Gasteiger partial charge in [-0.05, 0) is 25.5 Å². The molecule has 2 atom stereocenters. The molecule has 2 aromatic rings. The SMILES string of the molecule is CCNC(=O)[C@@H]1C[C@H](N)CN1C(=O)c1cn[nH]c1-c1cccc(F)c1. The van der Waals surface area contributed by atoms with Gasteiger partial charge in [0.2, 0.25) is 5.91 Å². The molecule has 1 aliphatic heterocycles. The van der Waals surface area contributed by atoms with Crippen LogP contribution in [0.15, 0.2) is 30.5 Å². The Hall–Kier alpha value is -2.74. The van der Waals surface area contributed by atoms with E-state index in [0.717, 1.165) is 0 Å². The fourth-order valence-electron chi connectivity index (χ4n) is 3.10. The minimum Gasteiger partial charge on any atom is -0.355 e. The first-order valence-corrected chi connectivity index (χ1v) is 8.14. The number of carbonyl (C=O) groups excluding carboxylic acids is 2. The summed E-state index contributed by atoms with van der Waals surface area (Å²) in [5, 5.41) is 9.39. The third kappa shape index (κ3) is 3.39. The molecule has 8 heteroatoms. The van der Waals surface area contributed by atoms with E-state index in [0.29, 0.717) is 24.2 Å². The van der Waals surface area contributed by atoms with Gasteiger partial charge in [-0.25, -0.2) is 4.39 Å². The summed E-state index contributed by atoms with van der Waals surface area (Å²) in [4.78, 5) is 26.7. The van der Waals surface area contributed by atoms with E-state index in [1.165, 1.54) is 23.2 Å². The third-order valence-electron chi connectivity index (χ3n) is 4.23. The maximum Gasteiger partial charge on any atom is 0.258 e. The molecule has 132 valence electrons. The molecule has 0 spiro atoms. The lowest BCUT2D eigenvalue weighted by molar-refractivity contribution is -0.124. The molecule has 2 amide bonds. The van der Waals surface area contributed by atoms with Crippen molar-refractivity contribution < 1.29 is 14.0 Å². The molecule has 1 aromatic heterocycles. The smallest absolute Gasteiger partial charge is 0.258 e. The van der Waals surface area contributed by atoms with Crippen molar-refractivity contribution in [1.29, 1.82) is 0 Å². The van der Waals surface area contributed by atoms with E-state index in [1.54, 1.807) is 12.1 Å². The Morgan fingerprint density at radius 3 is 3.00 bits per heavy atom. The van der Waals surface area contributed by atoms with Gasteiger partial charge in [0, 0.05) is 24.7 Å². The number of nitrogens with one attached hydrogen (secondary N) is 2. The highest BCUT2D eigenvalue weighted by molar-refractivity contribution is 6.02. The van der Waals surface area contributed by atoms with Crippen molar-refractivity contribution in [2.75, 3.05) is 13.1 Å². The summed E-state index contributed by atoms with van der Waals surface area (Å²) < 4.78 is 13.5. The van der Waals surface area contributed by atoms with Crippen molar-refractivity contribution in [3.8, 4) is 11.3 Å². The van der Waals surface area contributed by atoms with Crippen LogP contribution < -0.4 is 11.1 Å². The van der Waals surface area contributed by atoms with Crippen molar-refractivity contribution in [2.24, 2.45) is 5.73 Å². The van der Waals surface area contributed by atoms with E-state index in [9.17, 15) is 14.0 Å². The first kappa shape index (κ1) is 17.1. The monoisotopic (exact) mass is 345 g/mol. The summed E-state index contributed by atoms with van der Waals surface area (Å²) in [6, 6.07) is 5.01. The van der Waals surface area contributed by atoms with Gasteiger partial charge in [-0.15, -0.1) is 0 Å². The molecule has 4 N–H and O–H groups in total. The summed E-state index contributed by atoms with van der Waals surface area (Å²) in [6.07, 6.45) is 1.80. The highest BCUT2D eigenvalue weighted by atomic mass is 19.1. The molecule has 0 bridgehead atoms. The number of halogens is 1.